The molecule has 0 amide bonds. The van der Waals surface area contributed by atoms with Crippen molar-refractivity contribution in [2.24, 2.45) is 0 Å². The second kappa shape index (κ2) is 3.53. The maximum atomic E-state index is 11.5. The molecule has 5 nitrogen and oxygen atoms in total. The molecule has 0 bridgehead atoms. The Labute approximate surface area is 99.4 Å². The molecular formula is C11H13N3O2S. The molecule has 0 aliphatic carbocycles. The number of hydrogen-bond donors (Lipinski definition) is 0. The van der Waals surface area contributed by atoms with Gasteiger partial charge >= 0.3 is 0 Å². The van der Waals surface area contributed by atoms with Crippen LogP contribution in [0, 0.1) is 6.92 Å². The summed E-state index contributed by atoms with van der Waals surface area (Å²) in [6.45, 7) is 1.99. The van der Waals surface area contributed by atoms with Gasteiger partial charge in [-0.15, -0.1) is 10.2 Å². The lowest BCUT2D eigenvalue weighted by molar-refractivity contribution is 0.601. The van der Waals surface area contributed by atoms with E-state index < -0.39 is 9.84 Å². The van der Waals surface area contributed by atoms with Crippen molar-refractivity contribution in [2.45, 2.75) is 19.3 Å². The Bertz CT molecular complexity index is 675. The first-order valence-electron chi connectivity index (χ1n) is 5.57. The predicted molar refractivity (Wildman–Crippen MR) is 63.7 cm³/mol. The largest absolute Gasteiger partial charge is 0.286 e. The quantitative estimate of drug-likeness (QED) is 0.756. The number of rotatable bonds is 1. The first-order valence-corrected chi connectivity index (χ1v) is 7.39. The number of hydrogen-bond acceptors (Lipinski definition) is 4. The molecule has 3 heterocycles. The van der Waals surface area contributed by atoms with E-state index in [1.54, 1.807) is 0 Å². The molecule has 0 N–H and O–H groups in total. The van der Waals surface area contributed by atoms with Crippen LogP contribution < -0.4 is 0 Å². The van der Waals surface area contributed by atoms with Crippen molar-refractivity contribution in [1.29, 1.82) is 0 Å². The lowest BCUT2D eigenvalue weighted by Crippen LogP contribution is -2.07. The summed E-state index contributed by atoms with van der Waals surface area (Å²) in [5.74, 6) is 1.21. The fraction of sp³-hybridized carbons (Fsp3) is 0.455. The second-order valence-electron chi connectivity index (χ2n) is 4.59. The molecule has 17 heavy (non-hydrogen) atoms. The molecule has 1 saturated heterocycles. The molecule has 0 spiro atoms. The Hall–Kier alpha value is -1.43. The van der Waals surface area contributed by atoms with E-state index in [9.17, 15) is 8.42 Å². The van der Waals surface area contributed by atoms with Gasteiger partial charge in [-0.25, -0.2) is 8.42 Å². The van der Waals surface area contributed by atoms with Crippen LogP contribution >= 0.6 is 0 Å². The highest BCUT2D eigenvalue weighted by Crippen LogP contribution is 2.27. The Kier molecular flexibility index (Phi) is 2.22. The summed E-state index contributed by atoms with van der Waals surface area (Å²) in [6, 6.07) is 3.92. The number of nitrogens with zero attached hydrogens (tertiary/aromatic N) is 3. The molecule has 0 aromatic carbocycles. The molecule has 2 aromatic rings. The van der Waals surface area contributed by atoms with Crippen LogP contribution in [0.2, 0.25) is 0 Å². The number of pyridine rings is 1. The highest BCUT2D eigenvalue weighted by molar-refractivity contribution is 7.91. The Morgan fingerprint density at radius 1 is 1.41 bits per heavy atom. The molecule has 3 rings (SSSR count). The van der Waals surface area contributed by atoms with Crippen LogP contribution in [0.1, 0.15) is 23.7 Å². The van der Waals surface area contributed by atoms with Crippen LogP contribution in [0.25, 0.3) is 5.65 Å². The smallest absolute Gasteiger partial charge is 0.161 e. The summed E-state index contributed by atoms with van der Waals surface area (Å²) in [5.41, 5.74) is 1.90. The number of fused-ring (bicyclic) bond motifs is 1. The Morgan fingerprint density at radius 3 is 2.94 bits per heavy atom. The van der Waals surface area contributed by atoms with Gasteiger partial charge in [-0.2, -0.15) is 0 Å². The molecule has 0 saturated carbocycles. The maximum absolute atomic E-state index is 11.5. The van der Waals surface area contributed by atoms with Gasteiger partial charge in [-0.1, -0.05) is 0 Å². The third-order valence-corrected chi connectivity index (χ3v) is 4.96. The van der Waals surface area contributed by atoms with Crippen LogP contribution in [-0.4, -0.2) is 34.5 Å². The minimum atomic E-state index is -2.88. The van der Waals surface area contributed by atoms with Crippen molar-refractivity contribution < 1.29 is 8.42 Å². The fourth-order valence-electron chi connectivity index (χ4n) is 2.29. The SMILES string of the molecule is Cc1ccn2c(C3CCS(=O)(=O)C3)nnc2c1. The molecule has 1 atom stereocenters. The first kappa shape index (κ1) is 10.7. The van der Waals surface area contributed by atoms with E-state index in [1.165, 1.54) is 0 Å². The Morgan fingerprint density at radius 2 is 2.24 bits per heavy atom. The van der Waals surface area contributed by atoms with E-state index >= 15 is 0 Å². The van der Waals surface area contributed by atoms with E-state index in [2.05, 4.69) is 10.2 Å². The van der Waals surface area contributed by atoms with Gasteiger partial charge in [0.05, 0.1) is 11.5 Å². The third-order valence-electron chi connectivity index (χ3n) is 3.19. The average Bonchev–Trinajstić information content (AvgIpc) is 2.80. The molecule has 1 aliphatic rings. The van der Waals surface area contributed by atoms with Gasteiger partial charge in [-0.3, -0.25) is 4.40 Å². The normalized spacial score (nSPS) is 23.2. The van der Waals surface area contributed by atoms with Crippen molar-refractivity contribution in [2.75, 3.05) is 11.5 Å². The summed E-state index contributed by atoms with van der Waals surface area (Å²) in [6.07, 6.45) is 2.56. The lowest BCUT2D eigenvalue weighted by Gasteiger charge is -2.05. The molecule has 0 radical (unpaired) electrons. The molecule has 1 aliphatic heterocycles. The zero-order valence-corrected chi connectivity index (χ0v) is 10.3. The highest BCUT2D eigenvalue weighted by atomic mass is 32.2. The first-order chi connectivity index (χ1) is 8.05. The zero-order chi connectivity index (χ0) is 12.0. The van der Waals surface area contributed by atoms with Crippen LogP contribution in [0.4, 0.5) is 0 Å². The van der Waals surface area contributed by atoms with Crippen molar-refractivity contribution in [3.05, 3.63) is 29.7 Å². The summed E-state index contributed by atoms with van der Waals surface area (Å²) < 4.78 is 24.8. The predicted octanol–water partition coefficient (Wildman–Crippen LogP) is 0.940. The van der Waals surface area contributed by atoms with Gasteiger partial charge in [0.2, 0.25) is 0 Å². The van der Waals surface area contributed by atoms with Crippen LogP contribution in [0.3, 0.4) is 0 Å². The van der Waals surface area contributed by atoms with Gasteiger partial charge in [0.15, 0.2) is 15.5 Å². The molecule has 1 unspecified atom stereocenters. The second-order valence-corrected chi connectivity index (χ2v) is 6.82. The van der Waals surface area contributed by atoms with Gasteiger partial charge in [-0.05, 0) is 31.0 Å². The van der Waals surface area contributed by atoms with Crippen LogP contribution in [0.5, 0.6) is 0 Å². The fourth-order valence-corrected chi connectivity index (χ4v) is 4.03. The van der Waals surface area contributed by atoms with Crippen LogP contribution in [0.15, 0.2) is 18.3 Å². The van der Waals surface area contributed by atoms with E-state index in [-0.39, 0.29) is 17.4 Å². The maximum Gasteiger partial charge on any atom is 0.161 e. The highest BCUT2D eigenvalue weighted by Gasteiger charge is 2.32. The Balaban J connectivity index is 2.07. The summed E-state index contributed by atoms with van der Waals surface area (Å²) in [7, 11) is -2.88. The molecule has 2 aromatic heterocycles. The standard InChI is InChI=1S/C11H13N3O2S/c1-8-2-4-14-10(6-8)12-13-11(14)9-3-5-17(15,16)7-9/h2,4,6,9H,3,5,7H2,1H3. The monoisotopic (exact) mass is 251 g/mol. The minimum absolute atomic E-state index is 0.0160. The van der Waals surface area contributed by atoms with E-state index in [0.717, 1.165) is 17.0 Å². The summed E-state index contributed by atoms with van der Waals surface area (Å²) >= 11 is 0. The third kappa shape index (κ3) is 1.82. The summed E-state index contributed by atoms with van der Waals surface area (Å²) in [5, 5.41) is 8.22. The van der Waals surface area contributed by atoms with E-state index in [0.29, 0.717) is 6.42 Å². The summed E-state index contributed by atoms with van der Waals surface area (Å²) in [4.78, 5) is 0. The average molecular weight is 251 g/mol. The van der Waals surface area contributed by atoms with Gasteiger partial charge < -0.3 is 0 Å². The zero-order valence-electron chi connectivity index (χ0n) is 9.50. The number of aryl methyl sites for hydroxylation is 1. The van der Waals surface area contributed by atoms with Crippen LogP contribution in [-0.2, 0) is 9.84 Å². The number of sulfone groups is 1. The molecule has 1 fully saturated rings. The number of aromatic nitrogens is 3. The minimum Gasteiger partial charge on any atom is -0.286 e. The van der Waals surface area contributed by atoms with Crippen molar-refractivity contribution in [1.82, 2.24) is 14.6 Å². The van der Waals surface area contributed by atoms with E-state index in [4.69, 9.17) is 0 Å². The van der Waals surface area contributed by atoms with Crippen molar-refractivity contribution in [3.63, 3.8) is 0 Å². The topological polar surface area (TPSA) is 64.3 Å². The van der Waals surface area contributed by atoms with Crippen molar-refractivity contribution >= 4 is 15.5 Å². The van der Waals surface area contributed by atoms with E-state index in [1.807, 2.05) is 29.7 Å². The van der Waals surface area contributed by atoms with Crippen molar-refractivity contribution in [3.8, 4) is 0 Å². The molecule has 90 valence electrons. The molecular weight excluding hydrogens is 238 g/mol. The lowest BCUT2D eigenvalue weighted by atomic mass is 10.1. The van der Waals surface area contributed by atoms with Gasteiger partial charge in [0.1, 0.15) is 5.82 Å². The molecule has 6 heteroatoms. The van der Waals surface area contributed by atoms with Gasteiger partial charge in [0, 0.05) is 12.1 Å². The van der Waals surface area contributed by atoms with Gasteiger partial charge in [0.25, 0.3) is 0 Å².